The molecule has 1 aromatic heterocycles. The molecule has 1 aliphatic rings. The van der Waals surface area contributed by atoms with E-state index in [1.54, 1.807) is 18.3 Å². The summed E-state index contributed by atoms with van der Waals surface area (Å²) in [7, 11) is 0. The minimum absolute atomic E-state index is 0.129. The first-order chi connectivity index (χ1) is 8.70. The highest BCUT2D eigenvalue weighted by Crippen LogP contribution is 2.14. The van der Waals surface area contributed by atoms with Gasteiger partial charge in [0.25, 0.3) is 5.91 Å². The summed E-state index contributed by atoms with van der Waals surface area (Å²) < 4.78 is 0. The fraction of sp³-hybridized carbons (Fsp3) is 0.538. The van der Waals surface area contributed by atoms with Gasteiger partial charge in [0.05, 0.1) is 5.56 Å². The molecule has 1 aliphatic heterocycles. The van der Waals surface area contributed by atoms with Gasteiger partial charge in [-0.15, -0.1) is 0 Å². The third-order valence-electron chi connectivity index (χ3n) is 3.29. The van der Waals surface area contributed by atoms with Crippen LogP contribution in [0.5, 0.6) is 0 Å². The molecular formula is C13H18ClN3O. The number of carbonyl (C=O) groups excluding carboxylic acids is 1. The van der Waals surface area contributed by atoms with Crippen LogP contribution in [0, 0.1) is 0 Å². The number of aromatic nitrogens is 1. The Morgan fingerprint density at radius 2 is 2.50 bits per heavy atom. The van der Waals surface area contributed by atoms with Crippen LogP contribution >= 0.6 is 11.6 Å². The number of halogens is 1. The van der Waals surface area contributed by atoms with E-state index < -0.39 is 0 Å². The lowest BCUT2D eigenvalue weighted by Gasteiger charge is -2.32. The van der Waals surface area contributed by atoms with Crippen molar-refractivity contribution in [1.82, 2.24) is 15.2 Å². The number of rotatable bonds is 3. The molecule has 18 heavy (non-hydrogen) atoms. The van der Waals surface area contributed by atoms with Crippen molar-refractivity contribution in [2.45, 2.75) is 25.8 Å². The van der Waals surface area contributed by atoms with Gasteiger partial charge in [-0.3, -0.25) is 4.79 Å². The lowest BCUT2D eigenvalue weighted by atomic mass is 10.1. The van der Waals surface area contributed by atoms with Gasteiger partial charge in [-0.25, -0.2) is 4.98 Å². The standard InChI is InChI=1S/C13H18ClN3O/c1-2-17-8-4-5-10(9-17)16-13(18)11-6-3-7-15-12(11)14/h3,6-7,10H,2,4-5,8-9H2,1H3,(H,16,18). The van der Waals surface area contributed by atoms with Crippen LogP contribution in [0.1, 0.15) is 30.1 Å². The van der Waals surface area contributed by atoms with E-state index in [1.165, 1.54) is 0 Å². The van der Waals surface area contributed by atoms with E-state index in [-0.39, 0.29) is 17.1 Å². The Kier molecular flexibility index (Phi) is 4.55. The first-order valence-corrected chi connectivity index (χ1v) is 6.72. The zero-order valence-electron chi connectivity index (χ0n) is 10.5. The van der Waals surface area contributed by atoms with E-state index >= 15 is 0 Å². The van der Waals surface area contributed by atoms with Crippen LogP contribution in [0.15, 0.2) is 18.3 Å². The molecular weight excluding hydrogens is 250 g/mol. The summed E-state index contributed by atoms with van der Waals surface area (Å²) in [6.07, 6.45) is 3.73. The Balaban J connectivity index is 1.97. The number of carbonyl (C=O) groups is 1. The van der Waals surface area contributed by atoms with Gasteiger partial charge in [-0.2, -0.15) is 0 Å². The molecule has 1 saturated heterocycles. The number of nitrogens with zero attached hydrogens (tertiary/aromatic N) is 2. The average Bonchev–Trinajstić information content (AvgIpc) is 2.39. The summed E-state index contributed by atoms with van der Waals surface area (Å²) in [6, 6.07) is 3.63. The molecule has 1 fully saturated rings. The van der Waals surface area contributed by atoms with E-state index in [2.05, 4.69) is 22.1 Å². The molecule has 1 N–H and O–H groups in total. The van der Waals surface area contributed by atoms with Gasteiger partial charge in [-0.1, -0.05) is 18.5 Å². The number of likely N-dealkylation sites (tertiary alicyclic amines) is 1. The molecule has 0 saturated carbocycles. The Bertz CT molecular complexity index is 424. The summed E-state index contributed by atoms with van der Waals surface area (Å²) in [5.74, 6) is -0.129. The zero-order valence-corrected chi connectivity index (χ0v) is 11.3. The number of pyridine rings is 1. The SMILES string of the molecule is CCN1CCCC(NC(=O)c2cccnc2Cl)C1. The lowest BCUT2D eigenvalue weighted by molar-refractivity contribution is 0.0905. The lowest BCUT2D eigenvalue weighted by Crippen LogP contribution is -2.47. The van der Waals surface area contributed by atoms with Gasteiger partial charge in [0.1, 0.15) is 5.15 Å². The fourth-order valence-corrected chi connectivity index (χ4v) is 2.48. The van der Waals surface area contributed by atoms with Crippen LogP contribution in [-0.2, 0) is 0 Å². The van der Waals surface area contributed by atoms with Crippen LogP contribution in [0.4, 0.5) is 0 Å². The largest absolute Gasteiger partial charge is 0.348 e. The summed E-state index contributed by atoms with van der Waals surface area (Å²) in [4.78, 5) is 18.3. The van der Waals surface area contributed by atoms with Crippen molar-refractivity contribution >= 4 is 17.5 Å². The third-order valence-corrected chi connectivity index (χ3v) is 3.59. The highest BCUT2D eigenvalue weighted by molar-refractivity contribution is 6.32. The molecule has 1 unspecified atom stereocenters. The Hall–Kier alpha value is -1.13. The maximum atomic E-state index is 12.1. The summed E-state index contributed by atoms with van der Waals surface area (Å²) >= 11 is 5.91. The van der Waals surface area contributed by atoms with Crippen molar-refractivity contribution in [3.8, 4) is 0 Å². The Morgan fingerprint density at radius 1 is 1.67 bits per heavy atom. The quantitative estimate of drug-likeness (QED) is 0.852. The van der Waals surface area contributed by atoms with E-state index in [1.807, 2.05) is 0 Å². The third kappa shape index (κ3) is 3.21. The van der Waals surface area contributed by atoms with Crippen LogP contribution in [-0.4, -0.2) is 41.5 Å². The molecule has 2 heterocycles. The summed E-state index contributed by atoms with van der Waals surface area (Å²) in [5.41, 5.74) is 0.452. The number of nitrogens with one attached hydrogen (secondary N) is 1. The predicted molar refractivity (Wildman–Crippen MR) is 71.8 cm³/mol. The topological polar surface area (TPSA) is 45.2 Å². The van der Waals surface area contributed by atoms with Gasteiger partial charge in [0.2, 0.25) is 0 Å². The second kappa shape index (κ2) is 6.16. The molecule has 98 valence electrons. The van der Waals surface area contributed by atoms with Gasteiger partial charge < -0.3 is 10.2 Å². The molecule has 1 amide bonds. The van der Waals surface area contributed by atoms with E-state index in [0.717, 1.165) is 32.5 Å². The first kappa shape index (κ1) is 13.3. The maximum absolute atomic E-state index is 12.1. The predicted octanol–water partition coefficient (Wildman–Crippen LogP) is 1.95. The average molecular weight is 268 g/mol. The monoisotopic (exact) mass is 267 g/mol. The van der Waals surface area contributed by atoms with E-state index in [9.17, 15) is 4.79 Å². The molecule has 2 rings (SSSR count). The molecule has 0 spiro atoms. The van der Waals surface area contributed by atoms with Crippen molar-refractivity contribution in [2.24, 2.45) is 0 Å². The van der Waals surface area contributed by atoms with Crippen LogP contribution in [0.3, 0.4) is 0 Å². The summed E-state index contributed by atoms with van der Waals surface area (Å²) in [6.45, 7) is 5.21. The number of amides is 1. The van der Waals surface area contributed by atoms with Crippen molar-refractivity contribution in [2.75, 3.05) is 19.6 Å². The van der Waals surface area contributed by atoms with Crippen molar-refractivity contribution in [1.29, 1.82) is 0 Å². The molecule has 1 atom stereocenters. The van der Waals surface area contributed by atoms with Gasteiger partial charge in [0, 0.05) is 18.8 Å². The molecule has 5 heteroatoms. The smallest absolute Gasteiger partial charge is 0.254 e. The second-order valence-corrected chi connectivity index (χ2v) is 4.91. The van der Waals surface area contributed by atoms with E-state index in [4.69, 9.17) is 11.6 Å². The minimum Gasteiger partial charge on any atom is -0.348 e. The Morgan fingerprint density at radius 3 is 3.22 bits per heavy atom. The molecule has 1 aromatic rings. The summed E-state index contributed by atoms with van der Waals surface area (Å²) in [5, 5.41) is 3.30. The molecule has 0 aromatic carbocycles. The number of hydrogen-bond acceptors (Lipinski definition) is 3. The van der Waals surface area contributed by atoms with Crippen molar-refractivity contribution in [3.63, 3.8) is 0 Å². The van der Waals surface area contributed by atoms with Crippen molar-refractivity contribution < 1.29 is 4.79 Å². The minimum atomic E-state index is -0.129. The highest BCUT2D eigenvalue weighted by atomic mass is 35.5. The van der Waals surface area contributed by atoms with Gasteiger partial charge in [-0.05, 0) is 38.1 Å². The second-order valence-electron chi connectivity index (χ2n) is 4.55. The van der Waals surface area contributed by atoms with Crippen LogP contribution < -0.4 is 5.32 Å². The highest BCUT2D eigenvalue weighted by Gasteiger charge is 2.21. The Labute approximate surface area is 112 Å². The maximum Gasteiger partial charge on any atom is 0.254 e. The molecule has 0 bridgehead atoms. The number of hydrogen-bond donors (Lipinski definition) is 1. The zero-order chi connectivity index (χ0) is 13.0. The molecule has 0 radical (unpaired) electrons. The molecule has 0 aliphatic carbocycles. The van der Waals surface area contributed by atoms with Gasteiger partial charge >= 0.3 is 0 Å². The van der Waals surface area contributed by atoms with E-state index in [0.29, 0.717) is 5.56 Å². The van der Waals surface area contributed by atoms with Crippen LogP contribution in [0.2, 0.25) is 5.15 Å². The first-order valence-electron chi connectivity index (χ1n) is 6.34. The molecule has 4 nitrogen and oxygen atoms in total. The van der Waals surface area contributed by atoms with Gasteiger partial charge in [0.15, 0.2) is 0 Å². The normalized spacial score (nSPS) is 20.7. The van der Waals surface area contributed by atoms with Crippen molar-refractivity contribution in [3.05, 3.63) is 29.0 Å². The van der Waals surface area contributed by atoms with Crippen LogP contribution in [0.25, 0.3) is 0 Å². The fourth-order valence-electron chi connectivity index (χ4n) is 2.28. The number of likely N-dealkylation sites (N-methyl/N-ethyl adjacent to an activating group) is 1. The number of piperidine rings is 1.